The van der Waals surface area contributed by atoms with Crippen LogP contribution in [0.4, 0.5) is 13.2 Å². The number of carbonyl (C=O) groups excluding carboxylic acids is 1. The molecule has 0 aliphatic rings. The Labute approximate surface area is 142 Å². The van der Waals surface area contributed by atoms with Gasteiger partial charge in [-0.05, 0) is 35.9 Å². The Balaban J connectivity index is 2.26. The number of hydrogen-bond donors (Lipinski definition) is 1. The lowest BCUT2D eigenvalue weighted by Gasteiger charge is -2.11. The van der Waals surface area contributed by atoms with Crippen molar-refractivity contribution >= 4 is 15.7 Å². The van der Waals surface area contributed by atoms with Crippen LogP contribution in [0.3, 0.4) is 0 Å². The first-order chi connectivity index (χ1) is 11.6. The number of benzene rings is 2. The summed E-state index contributed by atoms with van der Waals surface area (Å²) in [5.41, 5.74) is 0.684. The van der Waals surface area contributed by atoms with Crippen LogP contribution in [0.15, 0.2) is 58.3 Å². The summed E-state index contributed by atoms with van der Waals surface area (Å²) < 4.78 is 65.6. The lowest BCUT2D eigenvalue weighted by Crippen LogP contribution is -2.18. The van der Waals surface area contributed by atoms with Crippen molar-refractivity contribution in [3.05, 3.63) is 54.1 Å². The van der Waals surface area contributed by atoms with E-state index in [9.17, 15) is 26.4 Å². The smallest absolute Gasteiger partial charge is 0.406 e. The van der Waals surface area contributed by atoms with Crippen molar-refractivity contribution in [3.8, 4) is 5.75 Å². The van der Waals surface area contributed by atoms with E-state index >= 15 is 0 Å². The van der Waals surface area contributed by atoms with Crippen LogP contribution in [0.1, 0.15) is 12.5 Å². The normalized spacial score (nSPS) is 11.8. The van der Waals surface area contributed by atoms with Crippen molar-refractivity contribution in [2.75, 3.05) is 0 Å². The third-order valence-corrected chi connectivity index (χ3v) is 4.89. The van der Waals surface area contributed by atoms with Gasteiger partial charge < -0.3 is 10.1 Å². The molecular weight excluding hydrogens is 359 g/mol. The van der Waals surface area contributed by atoms with Gasteiger partial charge in [0.1, 0.15) is 5.75 Å². The summed E-state index contributed by atoms with van der Waals surface area (Å²) in [7, 11) is -4.00. The van der Waals surface area contributed by atoms with Crippen LogP contribution in [0.2, 0.25) is 0 Å². The molecule has 1 N–H and O–H groups in total. The van der Waals surface area contributed by atoms with Crippen LogP contribution >= 0.6 is 0 Å². The molecule has 0 unspecified atom stereocenters. The minimum atomic E-state index is -4.91. The van der Waals surface area contributed by atoms with E-state index < -0.39 is 21.9 Å². The highest BCUT2D eigenvalue weighted by Crippen LogP contribution is 2.28. The summed E-state index contributed by atoms with van der Waals surface area (Å²) in [6.07, 6.45) is -4.91. The Kier molecular flexibility index (Phi) is 5.36. The molecule has 0 aliphatic heterocycles. The van der Waals surface area contributed by atoms with Crippen molar-refractivity contribution in [1.29, 1.82) is 0 Å². The molecule has 5 nitrogen and oxygen atoms in total. The Hall–Kier alpha value is -2.55. The molecule has 0 saturated heterocycles. The molecular formula is C16H14F3NO4S. The van der Waals surface area contributed by atoms with Gasteiger partial charge in [0.05, 0.1) is 9.79 Å². The van der Waals surface area contributed by atoms with Gasteiger partial charge in [0.25, 0.3) is 0 Å². The molecule has 0 heterocycles. The summed E-state index contributed by atoms with van der Waals surface area (Å²) in [5, 5.41) is 2.57. The number of sulfone groups is 1. The third-order valence-electron chi connectivity index (χ3n) is 3.12. The molecule has 0 bridgehead atoms. The molecule has 0 aromatic heterocycles. The van der Waals surface area contributed by atoms with Crippen LogP contribution in [0.25, 0.3) is 0 Å². The number of carbonyl (C=O) groups is 1. The van der Waals surface area contributed by atoms with E-state index in [1.54, 1.807) is 0 Å². The average Bonchev–Trinajstić information content (AvgIpc) is 2.52. The highest BCUT2D eigenvalue weighted by molar-refractivity contribution is 7.91. The molecule has 0 aliphatic carbocycles. The van der Waals surface area contributed by atoms with Crippen LogP contribution in [0, 0.1) is 0 Å². The lowest BCUT2D eigenvalue weighted by molar-refractivity contribution is -0.274. The molecule has 134 valence electrons. The second-order valence-electron chi connectivity index (χ2n) is 5.08. The van der Waals surface area contributed by atoms with Crippen LogP contribution in [-0.2, 0) is 21.2 Å². The van der Waals surface area contributed by atoms with Gasteiger partial charge in [0, 0.05) is 13.5 Å². The van der Waals surface area contributed by atoms with E-state index in [4.69, 9.17) is 0 Å². The number of ether oxygens (including phenoxy) is 1. The first kappa shape index (κ1) is 18.8. The summed E-state index contributed by atoms with van der Waals surface area (Å²) in [6, 6.07) is 9.85. The maximum Gasteiger partial charge on any atom is 0.573 e. The van der Waals surface area contributed by atoms with Crippen molar-refractivity contribution in [3.63, 3.8) is 0 Å². The number of nitrogens with one attached hydrogen (secondary N) is 1. The molecule has 0 saturated carbocycles. The standard InChI is InChI=1S/C16H14F3NO4S/c1-11(21)20-10-12-5-7-14(8-6-12)25(22,23)15-4-2-3-13(9-15)24-16(17,18)19/h2-9H,10H2,1H3,(H,20,21). The zero-order valence-electron chi connectivity index (χ0n) is 13.0. The molecule has 9 heteroatoms. The summed E-state index contributed by atoms with van der Waals surface area (Å²) in [4.78, 5) is 10.5. The minimum absolute atomic E-state index is 0.0803. The summed E-state index contributed by atoms with van der Waals surface area (Å²) in [5.74, 6) is -0.839. The molecule has 2 aromatic carbocycles. The second kappa shape index (κ2) is 7.14. The molecule has 25 heavy (non-hydrogen) atoms. The van der Waals surface area contributed by atoms with E-state index in [1.165, 1.54) is 43.3 Å². The molecule has 2 rings (SSSR count). The Morgan fingerprint density at radius 3 is 2.28 bits per heavy atom. The van der Waals surface area contributed by atoms with Gasteiger partial charge in [-0.2, -0.15) is 0 Å². The summed E-state index contributed by atoms with van der Waals surface area (Å²) in [6.45, 7) is 1.60. The van der Waals surface area contributed by atoms with Gasteiger partial charge in [-0.15, -0.1) is 13.2 Å². The van der Waals surface area contributed by atoms with Gasteiger partial charge in [-0.3, -0.25) is 4.79 Å². The van der Waals surface area contributed by atoms with Crippen molar-refractivity contribution in [2.45, 2.75) is 29.6 Å². The predicted octanol–water partition coefficient (Wildman–Crippen LogP) is 3.05. The molecule has 0 atom stereocenters. The third kappa shape index (κ3) is 5.21. The molecule has 0 radical (unpaired) electrons. The quantitative estimate of drug-likeness (QED) is 0.874. The molecule has 0 fully saturated rings. The predicted molar refractivity (Wildman–Crippen MR) is 82.5 cm³/mol. The SMILES string of the molecule is CC(=O)NCc1ccc(S(=O)(=O)c2cccc(OC(F)(F)F)c2)cc1. The topological polar surface area (TPSA) is 72.5 Å². The molecule has 0 spiro atoms. The fourth-order valence-electron chi connectivity index (χ4n) is 1.99. The molecule has 2 aromatic rings. The van der Waals surface area contributed by atoms with E-state index in [1.807, 2.05) is 0 Å². The van der Waals surface area contributed by atoms with E-state index in [0.717, 1.165) is 12.1 Å². The monoisotopic (exact) mass is 373 g/mol. The van der Waals surface area contributed by atoms with E-state index in [0.29, 0.717) is 5.56 Å². The first-order valence-corrected chi connectivity index (χ1v) is 8.50. The van der Waals surface area contributed by atoms with Gasteiger partial charge in [0.15, 0.2) is 0 Å². The fraction of sp³-hybridized carbons (Fsp3) is 0.188. The Bertz CT molecular complexity index is 862. The number of rotatable bonds is 5. The Morgan fingerprint density at radius 2 is 1.72 bits per heavy atom. The highest BCUT2D eigenvalue weighted by atomic mass is 32.2. The zero-order chi connectivity index (χ0) is 18.7. The number of halogens is 3. The van der Waals surface area contributed by atoms with Gasteiger partial charge in [-0.25, -0.2) is 8.42 Å². The summed E-state index contributed by atoms with van der Waals surface area (Å²) >= 11 is 0. The number of alkyl halides is 3. The fourth-order valence-corrected chi connectivity index (χ4v) is 3.28. The van der Waals surface area contributed by atoms with E-state index in [-0.39, 0.29) is 22.2 Å². The largest absolute Gasteiger partial charge is 0.573 e. The van der Waals surface area contributed by atoms with Gasteiger partial charge in [-0.1, -0.05) is 18.2 Å². The van der Waals surface area contributed by atoms with E-state index in [2.05, 4.69) is 10.1 Å². The van der Waals surface area contributed by atoms with Crippen LogP contribution in [-0.4, -0.2) is 20.7 Å². The van der Waals surface area contributed by atoms with Crippen LogP contribution < -0.4 is 10.1 Å². The average molecular weight is 373 g/mol. The Morgan fingerprint density at radius 1 is 1.08 bits per heavy atom. The van der Waals surface area contributed by atoms with Crippen molar-refractivity contribution in [2.24, 2.45) is 0 Å². The number of hydrogen-bond acceptors (Lipinski definition) is 4. The first-order valence-electron chi connectivity index (χ1n) is 7.02. The second-order valence-corrected chi connectivity index (χ2v) is 7.03. The van der Waals surface area contributed by atoms with Crippen molar-refractivity contribution in [1.82, 2.24) is 5.32 Å². The molecule has 1 amide bonds. The minimum Gasteiger partial charge on any atom is -0.406 e. The van der Waals surface area contributed by atoms with Crippen molar-refractivity contribution < 1.29 is 31.1 Å². The van der Waals surface area contributed by atoms with Gasteiger partial charge in [0.2, 0.25) is 15.7 Å². The van der Waals surface area contributed by atoms with Crippen LogP contribution in [0.5, 0.6) is 5.75 Å². The lowest BCUT2D eigenvalue weighted by atomic mass is 10.2. The maximum absolute atomic E-state index is 12.5. The zero-order valence-corrected chi connectivity index (χ0v) is 13.8. The van der Waals surface area contributed by atoms with Gasteiger partial charge >= 0.3 is 6.36 Å². The maximum atomic E-state index is 12.5. The number of amides is 1. The highest BCUT2D eigenvalue weighted by Gasteiger charge is 2.31.